The van der Waals surface area contributed by atoms with Crippen LogP contribution < -0.4 is 5.32 Å². The molecule has 1 aromatic carbocycles. The number of rotatable bonds is 5. The number of hydrogen-bond acceptors (Lipinski definition) is 2. The topological polar surface area (TPSA) is 15.3 Å². The molecule has 21 heavy (non-hydrogen) atoms. The van der Waals surface area contributed by atoms with Gasteiger partial charge in [0.05, 0.1) is 0 Å². The largest absolute Gasteiger partial charge is 0.314 e. The summed E-state index contributed by atoms with van der Waals surface area (Å²) in [6.07, 6.45) is 5.55. The van der Waals surface area contributed by atoms with Crippen molar-refractivity contribution < 1.29 is 0 Å². The second-order valence-corrected chi connectivity index (χ2v) is 6.90. The van der Waals surface area contributed by atoms with Crippen molar-refractivity contribution in [3.8, 4) is 0 Å². The van der Waals surface area contributed by atoms with Gasteiger partial charge < -0.3 is 5.32 Å². The van der Waals surface area contributed by atoms with Gasteiger partial charge in [0.1, 0.15) is 0 Å². The Labute approximate surface area is 135 Å². The Bertz CT molecular complexity index is 428. The summed E-state index contributed by atoms with van der Waals surface area (Å²) in [7, 11) is 0. The number of likely N-dealkylation sites (tertiary alicyclic amines) is 1. The van der Waals surface area contributed by atoms with Crippen LogP contribution in [0.15, 0.2) is 18.2 Å². The minimum atomic E-state index is 0. The van der Waals surface area contributed by atoms with Crippen LogP contribution in [0.1, 0.15) is 42.4 Å². The van der Waals surface area contributed by atoms with Crippen LogP contribution >= 0.6 is 12.4 Å². The molecule has 3 heteroatoms. The molecule has 1 saturated carbocycles. The molecule has 1 aromatic rings. The minimum absolute atomic E-state index is 0. The van der Waals surface area contributed by atoms with Crippen molar-refractivity contribution in [2.45, 2.75) is 52.1 Å². The van der Waals surface area contributed by atoms with Gasteiger partial charge in [-0.05, 0) is 70.6 Å². The molecule has 1 aliphatic carbocycles. The molecule has 3 rings (SSSR count). The van der Waals surface area contributed by atoms with Gasteiger partial charge in [-0.1, -0.05) is 29.3 Å². The van der Waals surface area contributed by atoms with E-state index in [1.54, 1.807) is 0 Å². The molecule has 118 valence electrons. The van der Waals surface area contributed by atoms with Crippen LogP contribution in [0.4, 0.5) is 0 Å². The number of benzene rings is 1. The van der Waals surface area contributed by atoms with Gasteiger partial charge in [0.2, 0.25) is 0 Å². The van der Waals surface area contributed by atoms with Crippen LogP contribution in [0.2, 0.25) is 0 Å². The summed E-state index contributed by atoms with van der Waals surface area (Å²) in [5.74, 6) is 1.00. The molecule has 0 amide bonds. The second-order valence-electron chi connectivity index (χ2n) is 6.90. The fourth-order valence-corrected chi connectivity index (χ4v) is 3.37. The summed E-state index contributed by atoms with van der Waals surface area (Å²) in [6, 6.07) is 7.71. The van der Waals surface area contributed by atoms with Crippen molar-refractivity contribution in [3.05, 3.63) is 34.9 Å². The van der Waals surface area contributed by atoms with E-state index in [-0.39, 0.29) is 12.4 Å². The fourth-order valence-electron chi connectivity index (χ4n) is 3.37. The Hall–Kier alpha value is -0.570. The van der Waals surface area contributed by atoms with Crippen molar-refractivity contribution >= 4 is 12.4 Å². The van der Waals surface area contributed by atoms with E-state index in [1.807, 2.05) is 0 Å². The summed E-state index contributed by atoms with van der Waals surface area (Å²) in [6.45, 7) is 9.28. The van der Waals surface area contributed by atoms with Crippen LogP contribution in [0, 0.1) is 19.8 Å². The molecule has 2 fully saturated rings. The number of piperidine rings is 1. The van der Waals surface area contributed by atoms with Gasteiger partial charge in [0.15, 0.2) is 0 Å². The first-order valence-corrected chi connectivity index (χ1v) is 8.22. The van der Waals surface area contributed by atoms with E-state index >= 15 is 0 Å². The van der Waals surface area contributed by atoms with Crippen LogP contribution in [0.25, 0.3) is 0 Å². The Morgan fingerprint density at radius 1 is 1.00 bits per heavy atom. The molecule has 1 saturated heterocycles. The third kappa shape index (κ3) is 5.28. The van der Waals surface area contributed by atoms with Gasteiger partial charge in [-0.2, -0.15) is 0 Å². The lowest BCUT2D eigenvalue weighted by Gasteiger charge is -2.32. The third-order valence-electron chi connectivity index (χ3n) is 4.67. The molecule has 1 N–H and O–H groups in total. The van der Waals surface area contributed by atoms with E-state index in [9.17, 15) is 0 Å². The predicted molar refractivity (Wildman–Crippen MR) is 92.2 cm³/mol. The highest BCUT2D eigenvalue weighted by Crippen LogP contribution is 2.28. The minimum Gasteiger partial charge on any atom is -0.314 e. The van der Waals surface area contributed by atoms with E-state index < -0.39 is 0 Å². The first-order chi connectivity index (χ1) is 9.69. The van der Waals surface area contributed by atoms with Gasteiger partial charge in [-0.3, -0.25) is 4.90 Å². The first kappa shape index (κ1) is 16.8. The Balaban J connectivity index is 0.00000161. The standard InChI is InChI=1S/C18H28N2.ClH/c1-14-9-15(2)11-17(10-14)13-20-7-5-18(6-8-20)19-12-16-3-4-16;/h9-11,16,18-19H,3-8,12-13H2,1-2H3;1H. The molecule has 0 radical (unpaired) electrons. The van der Waals surface area contributed by atoms with Crippen LogP contribution in [-0.4, -0.2) is 30.6 Å². The average Bonchev–Trinajstić information content (AvgIpc) is 3.21. The van der Waals surface area contributed by atoms with Crippen molar-refractivity contribution in [2.24, 2.45) is 5.92 Å². The highest BCUT2D eigenvalue weighted by Gasteiger charge is 2.24. The summed E-state index contributed by atoms with van der Waals surface area (Å²) >= 11 is 0. The fraction of sp³-hybridized carbons (Fsp3) is 0.667. The average molecular weight is 309 g/mol. The number of halogens is 1. The van der Waals surface area contributed by atoms with Crippen LogP contribution in [-0.2, 0) is 6.54 Å². The quantitative estimate of drug-likeness (QED) is 0.892. The Morgan fingerprint density at radius 3 is 2.19 bits per heavy atom. The maximum atomic E-state index is 3.76. The van der Waals surface area contributed by atoms with Gasteiger partial charge in [-0.25, -0.2) is 0 Å². The lowest BCUT2D eigenvalue weighted by molar-refractivity contribution is 0.190. The molecule has 2 nitrogen and oxygen atoms in total. The van der Waals surface area contributed by atoms with E-state index in [1.165, 1.54) is 62.0 Å². The molecular weight excluding hydrogens is 280 g/mol. The zero-order valence-electron chi connectivity index (χ0n) is 13.4. The first-order valence-electron chi connectivity index (χ1n) is 8.22. The monoisotopic (exact) mass is 308 g/mol. The van der Waals surface area contributed by atoms with Gasteiger partial charge in [-0.15, -0.1) is 12.4 Å². The highest BCUT2D eigenvalue weighted by molar-refractivity contribution is 5.85. The zero-order valence-corrected chi connectivity index (χ0v) is 14.2. The van der Waals surface area contributed by atoms with E-state index in [2.05, 4.69) is 42.3 Å². The summed E-state index contributed by atoms with van der Waals surface area (Å²) in [5, 5.41) is 3.76. The smallest absolute Gasteiger partial charge is 0.0233 e. The van der Waals surface area contributed by atoms with Gasteiger partial charge in [0.25, 0.3) is 0 Å². The third-order valence-corrected chi connectivity index (χ3v) is 4.67. The number of hydrogen-bond donors (Lipinski definition) is 1. The van der Waals surface area contributed by atoms with Crippen LogP contribution in [0.5, 0.6) is 0 Å². The Kier molecular flexibility index (Phi) is 6.09. The molecule has 0 unspecified atom stereocenters. The van der Waals surface area contributed by atoms with E-state index in [0.717, 1.165) is 18.5 Å². The predicted octanol–water partition coefficient (Wildman–Crippen LogP) is 3.69. The highest BCUT2D eigenvalue weighted by atomic mass is 35.5. The number of aryl methyl sites for hydroxylation is 2. The molecule has 2 aliphatic rings. The molecule has 0 spiro atoms. The van der Waals surface area contributed by atoms with E-state index in [0.29, 0.717) is 0 Å². The summed E-state index contributed by atoms with van der Waals surface area (Å²) in [5.41, 5.74) is 4.26. The maximum Gasteiger partial charge on any atom is 0.0233 e. The number of nitrogens with zero attached hydrogens (tertiary/aromatic N) is 1. The van der Waals surface area contributed by atoms with Gasteiger partial charge >= 0.3 is 0 Å². The zero-order chi connectivity index (χ0) is 13.9. The maximum absolute atomic E-state index is 3.76. The molecule has 0 aromatic heterocycles. The molecular formula is C18H29ClN2. The van der Waals surface area contributed by atoms with Crippen LogP contribution in [0.3, 0.4) is 0 Å². The summed E-state index contributed by atoms with van der Waals surface area (Å²) < 4.78 is 0. The lowest BCUT2D eigenvalue weighted by atomic mass is 10.0. The molecule has 1 heterocycles. The van der Waals surface area contributed by atoms with Crippen molar-refractivity contribution in [2.75, 3.05) is 19.6 Å². The Morgan fingerprint density at radius 2 is 1.62 bits per heavy atom. The van der Waals surface area contributed by atoms with E-state index in [4.69, 9.17) is 0 Å². The second kappa shape index (κ2) is 7.62. The lowest BCUT2D eigenvalue weighted by Crippen LogP contribution is -2.42. The normalized spacial score (nSPS) is 20.3. The van der Waals surface area contributed by atoms with Crippen molar-refractivity contribution in [1.29, 1.82) is 0 Å². The molecule has 0 bridgehead atoms. The van der Waals surface area contributed by atoms with Gasteiger partial charge in [0, 0.05) is 12.6 Å². The number of nitrogens with one attached hydrogen (secondary N) is 1. The SMILES string of the molecule is Cc1cc(C)cc(CN2CCC(NCC3CC3)CC2)c1.Cl. The molecule has 1 aliphatic heterocycles. The van der Waals surface area contributed by atoms with Crippen molar-refractivity contribution in [1.82, 2.24) is 10.2 Å². The summed E-state index contributed by atoms with van der Waals surface area (Å²) in [4.78, 5) is 2.61. The molecule has 0 atom stereocenters. The van der Waals surface area contributed by atoms with Crippen molar-refractivity contribution in [3.63, 3.8) is 0 Å².